The van der Waals surface area contributed by atoms with Gasteiger partial charge in [0.25, 0.3) is 0 Å². The summed E-state index contributed by atoms with van der Waals surface area (Å²) in [5, 5.41) is 5.40. The van der Waals surface area contributed by atoms with Crippen LogP contribution in [-0.4, -0.2) is 28.4 Å². The van der Waals surface area contributed by atoms with E-state index in [1.54, 1.807) is 17.5 Å². The van der Waals surface area contributed by atoms with Gasteiger partial charge in [0.15, 0.2) is 5.78 Å². The second-order valence-corrected chi connectivity index (χ2v) is 6.11. The molecule has 2 aliphatic rings. The maximum absolute atomic E-state index is 12.4. The van der Waals surface area contributed by atoms with Crippen LogP contribution in [-0.2, 0) is 6.54 Å². The van der Waals surface area contributed by atoms with Gasteiger partial charge in [-0.2, -0.15) is 0 Å². The number of nitrogens with zero attached hydrogens (tertiary/aromatic N) is 2. The number of imidazole rings is 1. The fraction of sp³-hybridized carbons (Fsp3) is 0.333. The van der Waals surface area contributed by atoms with Crippen LogP contribution in [0.25, 0.3) is 5.57 Å². The zero-order chi connectivity index (χ0) is 13.5. The van der Waals surface area contributed by atoms with Crippen LogP contribution in [0.1, 0.15) is 33.9 Å². The lowest BCUT2D eigenvalue weighted by Gasteiger charge is -2.19. The summed E-state index contributed by atoms with van der Waals surface area (Å²) >= 11 is 1.55. The molecule has 2 aromatic heterocycles. The smallest absolute Gasteiger partial charge is 0.193 e. The minimum Gasteiger partial charge on any atom is -0.323 e. The Bertz CT molecular complexity index is 702. The van der Waals surface area contributed by atoms with E-state index in [9.17, 15) is 4.79 Å². The number of ketones is 1. The molecule has 0 amide bonds. The summed E-state index contributed by atoms with van der Waals surface area (Å²) in [6.45, 7) is 2.41. The number of piperidine rings is 1. The van der Waals surface area contributed by atoms with Crippen molar-refractivity contribution >= 4 is 22.7 Å². The monoisotopic (exact) mass is 285 g/mol. The Morgan fingerprint density at radius 2 is 2.15 bits per heavy atom. The molecule has 0 aromatic carbocycles. The summed E-state index contributed by atoms with van der Waals surface area (Å²) < 4.78 is 1.99. The Hall–Kier alpha value is -1.72. The van der Waals surface area contributed by atoms with Crippen molar-refractivity contribution in [3.8, 4) is 0 Å². The van der Waals surface area contributed by atoms with Crippen molar-refractivity contribution in [1.82, 2.24) is 14.9 Å². The van der Waals surface area contributed by atoms with E-state index in [4.69, 9.17) is 0 Å². The van der Waals surface area contributed by atoms with Crippen molar-refractivity contribution in [3.05, 3.63) is 45.7 Å². The summed E-state index contributed by atoms with van der Waals surface area (Å²) in [4.78, 5) is 17.8. The lowest BCUT2D eigenvalue weighted by Crippen LogP contribution is -2.24. The zero-order valence-electron chi connectivity index (χ0n) is 11.1. The predicted octanol–water partition coefficient (Wildman–Crippen LogP) is 2.33. The second-order valence-electron chi connectivity index (χ2n) is 5.19. The summed E-state index contributed by atoms with van der Waals surface area (Å²) in [7, 11) is 0. The van der Waals surface area contributed by atoms with Gasteiger partial charge in [0.05, 0.1) is 11.4 Å². The fourth-order valence-corrected chi connectivity index (χ4v) is 3.89. The van der Waals surface area contributed by atoms with E-state index in [0.29, 0.717) is 6.54 Å². The largest absolute Gasteiger partial charge is 0.323 e. The number of rotatable bonds is 0. The van der Waals surface area contributed by atoms with Gasteiger partial charge < -0.3 is 9.88 Å². The van der Waals surface area contributed by atoms with E-state index in [0.717, 1.165) is 42.2 Å². The molecule has 4 nitrogen and oxygen atoms in total. The molecule has 0 bridgehead atoms. The minimum absolute atomic E-state index is 0.193. The fourth-order valence-electron chi connectivity index (χ4n) is 3.06. The molecule has 1 fully saturated rings. The van der Waals surface area contributed by atoms with Crippen molar-refractivity contribution in [2.45, 2.75) is 19.4 Å². The quantitative estimate of drug-likeness (QED) is 0.808. The third kappa shape index (κ3) is 1.77. The summed E-state index contributed by atoms with van der Waals surface area (Å²) in [5.74, 6) is 1.14. The molecule has 4 rings (SSSR count). The highest BCUT2D eigenvalue weighted by molar-refractivity contribution is 7.12. The van der Waals surface area contributed by atoms with Crippen molar-refractivity contribution < 1.29 is 4.79 Å². The molecule has 2 aromatic rings. The lowest BCUT2D eigenvalue weighted by molar-refractivity contribution is 0.0977. The molecule has 2 aliphatic heterocycles. The number of thiophene rings is 1. The molecule has 1 N–H and O–H groups in total. The third-order valence-electron chi connectivity index (χ3n) is 4.00. The van der Waals surface area contributed by atoms with Gasteiger partial charge in [-0.3, -0.25) is 4.79 Å². The first-order valence-electron chi connectivity index (χ1n) is 6.90. The molecule has 20 heavy (non-hydrogen) atoms. The molecule has 1 saturated heterocycles. The highest BCUT2D eigenvalue weighted by atomic mass is 32.1. The van der Waals surface area contributed by atoms with Crippen LogP contribution in [0.2, 0.25) is 0 Å². The van der Waals surface area contributed by atoms with E-state index >= 15 is 0 Å². The first-order valence-corrected chi connectivity index (χ1v) is 7.78. The standard InChI is InChI=1S/C15H15N3OS/c19-12-9-18-7-6-17-15(18)13(10-1-4-16-5-2-10)11-3-8-20-14(11)12/h3,6-8,16H,1-2,4-5,9H2. The second kappa shape index (κ2) is 4.68. The molecule has 0 aliphatic carbocycles. The van der Waals surface area contributed by atoms with Gasteiger partial charge in [-0.1, -0.05) is 5.57 Å². The van der Waals surface area contributed by atoms with Gasteiger partial charge in [-0.05, 0) is 37.4 Å². The van der Waals surface area contributed by atoms with Crippen LogP contribution in [0.4, 0.5) is 0 Å². The maximum atomic E-state index is 12.4. The molecule has 0 radical (unpaired) electrons. The molecule has 0 saturated carbocycles. The first-order chi connectivity index (χ1) is 9.84. The van der Waals surface area contributed by atoms with E-state index in [1.807, 2.05) is 16.1 Å². The van der Waals surface area contributed by atoms with Crippen LogP contribution >= 0.6 is 11.3 Å². The summed E-state index contributed by atoms with van der Waals surface area (Å²) in [5.41, 5.74) is 3.70. The molecule has 0 unspecified atom stereocenters. The number of carbonyl (C=O) groups excluding carboxylic acids is 1. The van der Waals surface area contributed by atoms with Crippen LogP contribution in [0.5, 0.6) is 0 Å². The maximum Gasteiger partial charge on any atom is 0.193 e. The Labute approximate surface area is 121 Å². The SMILES string of the molecule is O=C1Cn2ccnc2C(=C2CCNCC2)c2ccsc21. The van der Waals surface area contributed by atoms with Gasteiger partial charge >= 0.3 is 0 Å². The zero-order valence-corrected chi connectivity index (χ0v) is 11.9. The highest BCUT2D eigenvalue weighted by Crippen LogP contribution is 2.36. The molecule has 4 heterocycles. The van der Waals surface area contributed by atoms with Crippen LogP contribution in [0.3, 0.4) is 0 Å². The van der Waals surface area contributed by atoms with Gasteiger partial charge in [0, 0.05) is 23.5 Å². The number of hydrogen-bond donors (Lipinski definition) is 1. The molecule has 0 spiro atoms. The Morgan fingerprint density at radius 3 is 3.00 bits per heavy atom. The average molecular weight is 285 g/mol. The van der Waals surface area contributed by atoms with Crippen molar-refractivity contribution in [1.29, 1.82) is 0 Å². The lowest BCUT2D eigenvalue weighted by atomic mass is 9.93. The molecule has 0 atom stereocenters. The average Bonchev–Trinajstić information content (AvgIpc) is 3.09. The predicted molar refractivity (Wildman–Crippen MR) is 79.0 cm³/mol. The Kier molecular flexibility index (Phi) is 2.82. The topological polar surface area (TPSA) is 46.9 Å². The van der Waals surface area contributed by atoms with Gasteiger partial charge in [-0.25, -0.2) is 4.98 Å². The molecular formula is C15H15N3OS. The molecule has 102 valence electrons. The minimum atomic E-state index is 0.193. The van der Waals surface area contributed by atoms with Gasteiger partial charge in [0.1, 0.15) is 5.82 Å². The highest BCUT2D eigenvalue weighted by Gasteiger charge is 2.27. The number of hydrogen-bond acceptors (Lipinski definition) is 4. The van der Waals surface area contributed by atoms with E-state index in [-0.39, 0.29) is 5.78 Å². The van der Waals surface area contributed by atoms with E-state index < -0.39 is 0 Å². The first kappa shape index (κ1) is 12.1. The van der Waals surface area contributed by atoms with Crippen LogP contribution < -0.4 is 5.32 Å². The Balaban J connectivity index is 1.99. The van der Waals surface area contributed by atoms with Gasteiger partial charge in [0.2, 0.25) is 0 Å². The van der Waals surface area contributed by atoms with E-state index in [2.05, 4.69) is 16.4 Å². The van der Waals surface area contributed by atoms with Crippen molar-refractivity contribution in [2.24, 2.45) is 0 Å². The van der Waals surface area contributed by atoms with Crippen molar-refractivity contribution in [2.75, 3.05) is 13.1 Å². The normalized spacial score (nSPS) is 18.7. The van der Waals surface area contributed by atoms with Crippen molar-refractivity contribution in [3.63, 3.8) is 0 Å². The van der Waals surface area contributed by atoms with Crippen LogP contribution in [0.15, 0.2) is 29.4 Å². The number of fused-ring (bicyclic) bond motifs is 2. The molecular weight excluding hydrogens is 270 g/mol. The Morgan fingerprint density at radius 1 is 1.30 bits per heavy atom. The number of aromatic nitrogens is 2. The summed E-state index contributed by atoms with van der Waals surface area (Å²) in [6.07, 6.45) is 5.77. The number of Topliss-reactive ketones (excluding diaryl/α,β-unsaturated/α-hetero) is 1. The molecule has 5 heteroatoms. The van der Waals surface area contributed by atoms with E-state index in [1.165, 1.54) is 11.1 Å². The number of carbonyl (C=O) groups is 1. The summed E-state index contributed by atoms with van der Waals surface area (Å²) in [6, 6.07) is 2.08. The van der Waals surface area contributed by atoms with Crippen LogP contribution in [0, 0.1) is 0 Å². The third-order valence-corrected chi connectivity index (χ3v) is 4.96. The van der Waals surface area contributed by atoms with Gasteiger partial charge in [-0.15, -0.1) is 11.3 Å². The number of nitrogens with one attached hydrogen (secondary N) is 1.